The van der Waals surface area contributed by atoms with Gasteiger partial charge in [0, 0.05) is 6.42 Å². The summed E-state index contributed by atoms with van der Waals surface area (Å²) in [6.45, 7) is 2.88. The molecule has 2 fully saturated rings. The lowest BCUT2D eigenvalue weighted by molar-refractivity contribution is -0.359. The number of carbonyl (C=O) groups excluding carboxylic acids is 1. The SMILES string of the molecule is CCCCCCCC/C=C\CCCCCCCCCCCC(=O)NC(COC1OC(CO)C(OC2OC(CO)C(O)C(O)C2O)C(O)C1O)C(O)CCCCCCCCCCCCCCCCCCCC. The Morgan fingerprint density at radius 1 is 0.493 bits per heavy atom. The minimum absolute atomic E-state index is 0.206. The largest absolute Gasteiger partial charge is 0.394 e. The Kier molecular flexibility index (Phi) is 40.7. The molecular formula is C57H109NO13. The van der Waals surface area contributed by atoms with Crippen LogP contribution in [0.15, 0.2) is 12.2 Å². The monoisotopic (exact) mass is 1020 g/mol. The van der Waals surface area contributed by atoms with Gasteiger partial charge >= 0.3 is 0 Å². The number of unbranched alkanes of at least 4 members (excludes halogenated alkanes) is 32. The van der Waals surface area contributed by atoms with Crippen molar-refractivity contribution in [1.82, 2.24) is 5.32 Å². The Morgan fingerprint density at radius 2 is 0.887 bits per heavy atom. The summed E-state index contributed by atoms with van der Waals surface area (Å²) in [4.78, 5) is 13.3. The Bertz CT molecular complexity index is 1240. The highest BCUT2D eigenvalue weighted by atomic mass is 16.7. The predicted molar refractivity (Wildman–Crippen MR) is 282 cm³/mol. The number of ether oxygens (including phenoxy) is 4. The average Bonchev–Trinajstić information content (AvgIpc) is 3.37. The molecule has 0 bridgehead atoms. The summed E-state index contributed by atoms with van der Waals surface area (Å²) in [5.74, 6) is -0.206. The van der Waals surface area contributed by atoms with E-state index in [0.717, 1.165) is 51.4 Å². The predicted octanol–water partition coefficient (Wildman–Crippen LogP) is 9.50. The Hall–Kier alpha value is -1.27. The van der Waals surface area contributed by atoms with Crippen LogP contribution in [0.1, 0.15) is 251 Å². The summed E-state index contributed by atoms with van der Waals surface area (Å²) < 4.78 is 22.8. The third kappa shape index (κ3) is 30.2. The first-order valence-corrected chi connectivity index (χ1v) is 29.4. The van der Waals surface area contributed by atoms with E-state index < -0.39 is 86.8 Å². The van der Waals surface area contributed by atoms with Crippen LogP contribution in [-0.4, -0.2) is 140 Å². The van der Waals surface area contributed by atoms with Crippen LogP contribution < -0.4 is 5.32 Å². The van der Waals surface area contributed by atoms with E-state index in [-0.39, 0.29) is 12.5 Å². The molecule has 2 heterocycles. The van der Waals surface area contributed by atoms with Gasteiger partial charge in [-0.25, -0.2) is 0 Å². The van der Waals surface area contributed by atoms with Gasteiger partial charge in [-0.05, 0) is 38.5 Å². The second-order valence-corrected chi connectivity index (χ2v) is 21.1. The summed E-state index contributed by atoms with van der Waals surface area (Å²) in [5, 5.41) is 87.2. The van der Waals surface area contributed by atoms with Gasteiger partial charge in [0.25, 0.3) is 0 Å². The quantitative estimate of drug-likeness (QED) is 0.0205. The zero-order chi connectivity index (χ0) is 51.7. The number of aliphatic hydroxyl groups is 8. The third-order valence-electron chi connectivity index (χ3n) is 14.7. The van der Waals surface area contributed by atoms with Crippen molar-refractivity contribution in [2.45, 2.75) is 325 Å². The van der Waals surface area contributed by atoms with Gasteiger partial charge in [0.2, 0.25) is 5.91 Å². The molecule has 0 spiro atoms. The summed E-state index contributed by atoms with van der Waals surface area (Å²) in [5.41, 5.74) is 0. The Balaban J connectivity index is 1.77. The van der Waals surface area contributed by atoms with Crippen LogP contribution in [0.25, 0.3) is 0 Å². The minimum atomic E-state index is -1.78. The molecular weight excluding hydrogens is 907 g/mol. The maximum atomic E-state index is 13.3. The van der Waals surface area contributed by atoms with Crippen LogP contribution in [0.3, 0.4) is 0 Å². The Labute approximate surface area is 431 Å². The number of nitrogens with one attached hydrogen (secondary N) is 1. The highest BCUT2D eigenvalue weighted by molar-refractivity contribution is 5.76. The molecule has 9 N–H and O–H groups in total. The van der Waals surface area contributed by atoms with Gasteiger partial charge in [-0.3, -0.25) is 4.79 Å². The van der Waals surface area contributed by atoms with Crippen molar-refractivity contribution in [2.75, 3.05) is 19.8 Å². The minimum Gasteiger partial charge on any atom is -0.394 e. The zero-order valence-electron chi connectivity index (χ0n) is 45.0. The van der Waals surface area contributed by atoms with Crippen LogP contribution in [0.5, 0.6) is 0 Å². The van der Waals surface area contributed by atoms with E-state index in [9.17, 15) is 45.6 Å². The molecule has 71 heavy (non-hydrogen) atoms. The van der Waals surface area contributed by atoms with E-state index >= 15 is 0 Å². The number of allylic oxidation sites excluding steroid dienone is 2. The van der Waals surface area contributed by atoms with Crippen molar-refractivity contribution in [1.29, 1.82) is 0 Å². The first kappa shape index (κ1) is 65.8. The van der Waals surface area contributed by atoms with Gasteiger partial charge in [0.15, 0.2) is 12.6 Å². The highest BCUT2D eigenvalue weighted by Gasteiger charge is 2.51. The molecule has 2 saturated heterocycles. The molecule has 12 unspecified atom stereocenters. The summed E-state index contributed by atoms with van der Waals surface area (Å²) in [6, 6.07) is -0.826. The summed E-state index contributed by atoms with van der Waals surface area (Å²) in [6.07, 6.45) is 32.0. The lowest BCUT2D eigenvalue weighted by atomic mass is 9.97. The standard InChI is InChI=1S/C57H109NO13/c1-3-5-7-9-11-13-15-17-19-21-23-25-27-29-31-33-35-37-39-41-49(62)58-45(46(61)40-38-36-34-32-30-28-26-24-22-20-18-16-14-12-10-8-6-4-2)44-68-56-54(67)52(65)55(48(43-60)70-56)71-57-53(66)51(64)50(63)47(42-59)69-57/h17,19,45-48,50-57,59-61,63-67H,3-16,18,20-44H2,1-2H3,(H,58,62)/b19-17-. The van der Waals surface area contributed by atoms with Gasteiger partial charge < -0.3 is 65.1 Å². The van der Waals surface area contributed by atoms with Crippen molar-refractivity contribution < 1.29 is 64.6 Å². The number of carbonyl (C=O) groups is 1. The molecule has 420 valence electrons. The van der Waals surface area contributed by atoms with E-state index in [4.69, 9.17) is 18.9 Å². The molecule has 0 aromatic heterocycles. The van der Waals surface area contributed by atoms with Gasteiger partial charge in [0.05, 0.1) is 32.0 Å². The van der Waals surface area contributed by atoms with E-state index in [0.29, 0.717) is 12.8 Å². The molecule has 1 amide bonds. The van der Waals surface area contributed by atoms with Crippen molar-refractivity contribution in [3.8, 4) is 0 Å². The molecule has 12 atom stereocenters. The zero-order valence-corrected chi connectivity index (χ0v) is 45.0. The molecule has 0 saturated carbocycles. The molecule has 0 aliphatic carbocycles. The van der Waals surface area contributed by atoms with Gasteiger partial charge in [-0.15, -0.1) is 0 Å². The topological polar surface area (TPSA) is 228 Å². The molecule has 14 heteroatoms. The lowest BCUT2D eigenvalue weighted by Gasteiger charge is -2.46. The fourth-order valence-electron chi connectivity index (χ4n) is 9.94. The summed E-state index contributed by atoms with van der Waals surface area (Å²) >= 11 is 0. The number of hydrogen-bond acceptors (Lipinski definition) is 13. The Morgan fingerprint density at radius 3 is 1.34 bits per heavy atom. The number of amides is 1. The van der Waals surface area contributed by atoms with Gasteiger partial charge in [-0.2, -0.15) is 0 Å². The van der Waals surface area contributed by atoms with Gasteiger partial charge in [-0.1, -0.05) is 219 Å². The molecule has 2 rings (SSSR count). The number of rotatable bonds is 47. The number of hydrogen-bond donors (Lipinski definition) is 9. The van der Waals surface area contributed by atoms with Crippen LogP contribution >= 0.6 is 0 Å². The molecule has 2 aliphatic rings. The second kappa shape index (κ2) is 43.9. The smallest absolute Gasteiger partial charge is 0.220 e. The van der Waals surface area contributed by atoms with Crippen LogP contribution in [0, 0.1) is 0 Å². The van der Waals surface area contributed by atoms with E-state index in [1.54, 1.807) is 0 Å². The molecule has 2 aliphatic heterocycles. The van der Waals surface area contributed by atoms with Crippen LogP contribution in [-0.2, 0) is 23.7 Å². The van der Waals surface area contributed by atoms with E-state index in [2.05, 4.69) is 31.3 Å². The molecule has 14 nitrogen and oxygen atoms in total. The fourth-order valence-corrected chi connectivity index (χ4v) is 9.94. The van der Waals surface area contributed by atoms with Crippen molar-refractivity contribution in [3.63, 3.8) is 0 Å². The molecule has 0 aromatic carbocycles. The van der Waals surface area contributed by atoms with Crippen molar-refractivity contribution in [3.05, 3.63) is 12.2 Å². The maximum absolute atomic E-state index is 13.3. The average molecular weight is 1020 g/mol. The first-order valence-electron chi connectivity index (χ1n) is 29.4. The fraction of sp³-hybridized carbons (Fsp3) is 0.947. The third-order valence-corrected chi connectivity index (χ3v) is 14.7. The van der Waals surface area contributed by atoms with Crippen molar-refractivity contribution in [2.24, 2.45) is 0 Å². The summed E-state index contributed by atoms with van der Waals surface area (Å²) in [7, 11) is 0. The van der Waals surface area contributed by atoms with Gasteiger partial charge in [0.1, 0.15) is 48.8 Å². The molecule has 0 radical (unpaired) electrons. The van der Waals surface area contributed by atoms with Crippen LogP contribution in [0.4, 0.5) is 0 Å². The van der Waals surface area contributed by atoms with E-state index in [1.807, 2.05) is 0 Å². The molecule has 0 aromatic rings. The number of aliphatic hydroxyl groups excluding tert-OH is 8. The first-order chi connectivity index (χ1) is 34.6. The van der Waals surface area contributed by atoms with E-state index in [1.165, 1.54) is 173 Å². The maximum Gasteiger partial charge on any atom is 0.220 e. The lowest BCUT2D eigenvalue weighted by Crippen LogP contribution is -2.65. The van der Waals surface area contributed by atoms with Crippen LogP contribution in [0.2, 0.25) is 0 Å². The van der Waals surface area contributed by atoms with Crippen molar-refractivity contribution >= 4 is 5.91 Å². The second-order valence-electron chi connectivity index (χ2n) is 21.1. The normalized spacial score (nSPS) is 25.8. The highest BCUT2D eigenvalue weighted by Crippen LogP contribution is 2.30.